The number of H-pyrrole nitrogens is 2. The number of hydrogen-bond donors (Lipinski definition) is 5. The largest absolute Gasteiger partial charge is 0.453 e. The van der Waals surface area contributed by atoms with Crippen LogP contribution in [-0.2, 0) is 14.3 Å². The summed E-state index contributed by atoms with van der Waals surface area (Å²) in [6.45, 7) is 3.71. The van der Waals surface area contributed by atoms with E-state index in [9.17, 15) is 24.3 Å². The average Bonchev–Trinajstić information content (AvgIpc) is 4.23. The van der Waals surface area contributed by atoms with Gasteiger partial charge in [-0.1, -0.05) is 96.8 Å². The number of carbonyl (C=O) groups excluding carboxylic acids is 4. The fourth-order valence-corrected chi connectivity index (χ4v) is 9.33. The molecule has 5 heterocycles. The summed E-state index contributed by atoms with van der Waals surface area (Å²) in [4.78, 5) is 75.5. The number of alkyl carbamates (subject to hydrolysis) is 1. The Hall–Kier alpha value is -7.70. The van der Waals surface area contributed by atoms with Crippen molar-refractivity contribution < 1.29 is 29.0 Å². The maximum Gasteiger partial charge on any atom is 0.407 e. The van der Waals surface area contributed by atoms with Gasteiger partial charge >= 0.3 is 12.1 Å². The molecule has 0 aliphatic carbocycles. The molecule has 4 unspecified atom stereocenters. The number of hydrogen-bond acceptors (Lipinski definition) is 8. The molecule has 0 saturated carbocycles. The molecule has 4 atom stereocenters. The van der Waals surface area contributed by atoms with Gasteiger partial charge in [0.25, 0.3) is 5.91 Å². The van der Waals surface area contributed by atoms with Gasteiger partial charge in [0.1, 0.15) is 23.7 Å². The average molecular weight is 914 g/mol. The molecule has 6 aromatic rings. The molecule has 4 aromatic carbocycles. The van der Waals surface area contributed by atoms with E-state index in [-0.39, 0.29) is 29.9 Å². The van der Waals surface area contributed by atoms with Crippen molar-refractivity contribution in [3.63, 3.8) is 0 Å². The lowest BCUT2D eigenvalue weighted by Gasteiger charge is -2.37. The van der Waals surface area contributed by atoms with Gasteiger partial charge in [0.15, 0.2) is 0 Å². The van der Waals surface area contributed by atoms with E-state index in [1.54, 1.807) is 29.1 Å². The molecule has 348 valence electrons. The molecule has 15 nitrogen and oxygen atoms in total. The van der Waals surface area contributed by atoms with E-state index in [2.05, 4.69) is 37.4 Å². The number of likely N-dealkylation sites (tertiary alicyclic amines) is 3. The quantitative estimate of drug-likeness (QED) is 0.0870. The van der Waals surface area contributed by atoms with Gasteiger partial charge in [-0.05, 0) is 92.0 Å². The van der Waals surface area contributed by atoms with Gasteiger partial charge < -0.3 is 45.1 Å². The molecule has 0 bridgehead atoms. The molecule has 3 fully saturated rings. The van der Waals surface area contributed by atoms with Crippen LogP contribution in [0.1, 0.15) is 104 Å². The van der Waals surface area contributed by atoms with Crippen LogP contribution >= 0.6 is 0 Å². The molecule has 15 heteroatoms. The number of urea groups is 1. The number of carbonyl (C=O) groups is 4. The first-order valence-corrected chi connectivity index (χ1v) is 23.2. The number of aromatic amines is 2. The number of imidazole rings is 2. The minimum Gasteiger partial charge on any atom is -0.453 e. The Morgan fingerprint density at radius 3 is 1.54 bits per heavy atom. The third-order valence-electron chi connectivity index (χ3n) is 13.2. The minimum atomic E-state index is -0.890. The molecule has 2 aromatic heterocycles. The fraction of sp³-hybridized carbons (Fsp3) is 0.321. The Labute approximate surface area is 395 Å². The summed E-state index contributed by atoms with van der Waals surface area (Å²) in [6, 6.07) is 31.7. The van der Waals surface area contributed by atoms with Crippen LogP contribution in [0.3, 0.4) is 0 Å². The van der Waals surface area contributed by atoms with Crippen molar-refractivity contribution in [3.8, 4) is 34.4 Å². The Morgan fingerprint density at radius 2 is 1.10 bits per heavy atom. The smallest absolute Gasteiger partial charge is 0.407 e. The molecule has 3 aliphatic rings. The lowest BCUT2D eigenvalue weighted by molar-refractivity contribution is -0.135. The lowest BCUT2D eigenvalue weighted by Crippen LogP contribution is -2.51. The topological polar surface area (TPSA) is 189 Å². The second-order valence-corrected chi connectivity index (χ2v) is 17.9. The zero-order valence-electron chi connectivity index (χ0n) is 38.2. The second-order valence-electron chi connectivity index (χ2n) is 17.9. The summed E-state index contributed by atoms with van der Waals surface area (Å²) in [5.74, 6) is 7.50. The number of nitrogens with one attached hydrogen (secondary N) is 4. The zero-order chi connectivity index (χ0) is 47.2. The number of benzene rings is 4. The Balaban J connectivity index is 0.826. The normalized spacial score (nSPS) is 18.5. The Kier molecular flexibility index (Phi) is 13.4. The SMILES string of the molecule is COC(=O)NC(C(=O)N1CCCC1c1ncc(-c2ccc(C#Cc3ccc(-c4cnc(C5CCCN5C(=O)C(NC(=O)N5CCC(C)(O)CC5)c5ccccc5)[nH]4)cc3)cc2)[nH]1)c1ccccc1. The van der Waals surface area contributed by atoms with E-state index in [0.717, 1.165) is 59.3 Å². The van der Waals surface area contributed by atoms with Crippen LogP contribution in [-0.4, -0.2) is 103 Å². The summed E-state index contributed by atoms with van der Waals surface area (Å²) in [5, 5.41) is 16.1. The van der Waals surface area contributed by atoms with Gasteiger partial charge in [-0.15, -0.1) is 0 Å². The number of piperidine rings is 1. The summed E-state index contributed by atoms with van der Waals surface area (Å²) >= 11 is 0. The van der Waals surface area contributed by atoms with Crippen molar-refractivity contribution in [2.75, 3.05) is 33.3 Å². The maximum absolute atomic E-state index is 14.3. The number of aromatic nitrogens is 4. The van der Waals surface area contributed by atoms with Crippen LogP contribution in [0.5, 0.6) is 0 Å². The molecule has 3 saturated heterocycles. The highest BCUT2D eigenvalue weighted by Crippen LogP contribution is 2.36. The third-order valence-corrected chi connectivity index (χ3v) is 13.2. The third kappa shape index (κ3) is 10.2. The lowest BCUT2D eigenvalue weighted by atomic mass is 9.94. The van der Waals surface area contributed by atoms with Crippen LogP contribution in [0.15, 0.2) is 122 Å². The van der Waals surface area contributed by atoms with Crippen LogP contribution < -0.4 is 10.6 Å². The number of nitrogens with zero attached hydrogens (tertiary/aromatic N) is 5. The molecular formula is C53H55N9O6. The van der Waals surface area contributed by atoms with Crippen molar-refractivity contribution in [1.82, 2.24) is 45.3 Å². The highest BCUT2D eigenvalue weighted by atomic mass is 16.5. The van der Waals surface area contributed by atoms with E-state index in [1.807, 2.05) is 114 Å². The first-order chi connectivity index (χ1) is 33.0. The minimum absolute atomic E-state index is 0.186. The van der Waals surface area contributed by atoms with Crippen molar-refractivity contribution in [2.45, 2.75) is 75.2 Å². The fourth-order valence-electron chi connectivity index (χ4n) is 9.33. The van der Waals surface area contributed by atoms with Gasteiger partial charge in [0.2, 0.25) is 5.91 Å². The predicted octanol–water partition coefficient (Wildman–Crippen LogP) is 7.59. The van der Waals surface area contributed by atoms with Gasteiger partial charge in [0, 0.05) is 37.3 Å². The molecule has 68 heavy (non-hydrogen) atoms. The van der Waals surface area contributed by atoms with Crippen molar-refractivity contribution in [1.29, 1.82) is 0 Å². The van der Waals surface area contributed by atoms with Crippen molar-refractivity contribution >= 4 is 23.9 Å². The van der Waals surface area contributed by atoms with Crippen molar-refractivity contribution in [3.05, 3.63) is 155 Å². The summed E-state index contributed by atoms with van der Waals surface area (Å²) in [5.41, 5.74) is 5.78. The highest BCUT2D eigenvalue weighted by Gasteiger charge is 2.39. The van der Waals surface area contributed by atoms with Crippen molar-refractivity contribution in [2.24, 2.45) is 0 Å². The van der Waals surface area contributed by atoms with Crippen LogP contribution in [0, 0.1) is 11.8 Å². The van der Waals surface area contributed by atoms with E-state index in [0.29, 0.717) is 61.8 Å². The number of ether oxygens (including phenoxy) is 1. The second kappa shape index (κ2) is 20.0. The Morgan fingerprint density at radius 1 is 0.662 bits per heavy atom. The molecule has 3 aliphatic heterocycles. The molecule has 5 N–H and O–H groups in total. The van der Waals surface area contributed by atoms with Gasteiger partial charge in [0.05, 0.1) is 48.6 Å². The molecule has 9 rings (SSSR count). The summed E-state index contributed by atoms with van der Waals surface area (Å²) < 4.78 is 4.83. The molecule has 0 radical (unpaired) electrons. The maximum atomic E-state index is 14.3. The molecule has 5 amide bonds. The van der Waals surface area contributed by atoms with Crippen LogP contribution in [0.2, 0.25) is 0 Å². The zero-order valence-corrected chi connectivity index (χ0v) is 38.2. The van der Waals surface area contributed by atoms with E-state index >= 15 is 0 Å². The number of amides is 5. The standard InChI is InChI=1S/C53H55N9O6/c1-53(67)27-31-60(32-28-53)51(65)58-45(39-11-5-3-6-12-39)49(63)61-29-9-15-43(61)47-54-33-41(56-47)37-23-19-35(20-24-37)17-18-36-21-25-38(26-22-36)42-34-55-48(57-42)44-16-10-30-62(44)50(64)46(59-52(66)68-2)40-13-7-4-8-14-40/h3-8,11-14,19-26,33-34,43-46,67H,9-10,15-16,27-32H2,1-2H3,(H,54,56)(H,55,57)(H,58,65)(H,59,66). The highest BCUT2D eigenvalue weighted by molar-refractivity contribution is 5.89. The van der Waals surface area contributed by atoms with Gasteiger partial charge in [-0.2, -0.15) is 0 Å². The van der Waals surface area contributed by atoms with Crippen LogP contribution in [0.25, 0.3) is 22.5 Å². The number of aliphatic hydroxyl groups is 1. The van der Waals surface area contributed by atoms with E-state index < -0.39 is 23.8 Å². The number of rotatable bonds is 10. The van der Waals surface area contributed by atoms with Gasteiger partial charge in [-0.25, -0.2) is 19.6 Å². The van der Waals surface area contributed by atoms with E-state index in [1.165, 1.54) is 7.11 Å². The monoisotopic (exact) mass is 913 g/mol. The predicted molar refractivity (Wildman–Crippen MR) is 255 cm³/mol. The first kappa shape index (κ1) is 45.5. The summed E-state index contributed by atoms with van der Waals surface area (Å²) in [6.07, 6.45) is 6.95. The van der Waals surface area contributed by atoms with Crippen LogP contribution in [0.4, 0.5) is 9.59 Å². The molecule has 0 spiro atoms. The first-order valence-electron chi connectivity index (χ1n) is 23.2. The van der Waals surface area contributed by atoms with E-state index in [4.69, 9.17) is 9.72 Å². The molecular weight excluding hydrogens is 859 g/mol. The Bertz CT molecular complexity index is 2790. The van der Waals surface area contributed by atoms with Gasteiger partial charge in [-0.3, -0.25) is 9.59 Å². The number of methoxy groups -OCH3 is 1. The summed E-state index contributed by atoms with van der Waals surface area (Å²) in [7, 11) is 1.28.